The molecule has 1 atom stereocenters. The van der Waals surface area contributed by atoms with Gasteiger partial charge in [0.1, 0.15) is 0 Å². The Balaban J connectivity index is 0. The summed E-state index contributed by atoms with van der Waals surface area (Å²) < 4.78 is 0. The largest absolute Gasteiger partial charge is 0.394 e. The smallest absolute Gasteiger partial charge is 0.0662 e. The van der Waals surface area contributed by atoms with Gasteiger partial charge in [-0.15, -0.1) is 0 Å². The van der Waals surface area contributed by atoms with Gasteiger partial charge in [0.25, 0.3) is 0 Å². The SMILES string of the molecule is CCC(C)O.OCCO. The molecule has 0 saturated heterocycles. The fourth-order valence-corrected chi connectivity index (χ4v) is 0. The van der Waals surface area contributed by atoms with E-state index in [-0.39, 0.29) is 19.3 Å². The predicted molar refractivity (Wildman–Crippen MR) is 36.1 cm³/mol. The Kier molecular flexibility index (Phi) is 14.0. The normalized spacial score (nSPS) is 11.7. The van der Waals surface area contributed by atoms with Crippen molar-refractivity contribution in [2.75, 3.05) is 13.2 Å². The minimum Gasteiger partial charge on any atom is -0.394 e. The van der Waals surface area contributed by atoms with Gasteiger partial charge in [-0.05, 0) is 13.3 Å². The van der Waals surface area contributed by atoms with E-state index in [1.807, 2.05) is 6.92 Å². The van der Waals surface area contributed by atoms with Gasteiger partial charge in [0.15, 0.2) is 0 Å². The Hall–Kier alpha value is -0.120. The molecule has 0 bridgehead atoms. The summed E-state index contributed by atoms with van der Waals surface area (Å²) in [6, 6.07) is 0. The van der Waals surface area contributed by atoms with E-state index in [9.17, 15) is 0 Å². The van der Waals surface area contributed by atoms with E-state index in [4.69, 9.17) is 15.3 Å². The van der Waals surface area contributed by atoms with Crippen LogP contribution in [-0.2, 0) is 0 Å². The van der Waals surface area contributed by atoms with Crippen molar-refractivity contribution in [3.05, 3.63) is 0 Å². The molecule has 0 aliphatic carbocycles. The van der Waals surface area contributed by atoms with Crippen LogP contribution in [0.5, 0.6) is 0 Å². The third-order valence-electron chi connectivity index (χ3n) is 0.691. The van der Waals surface area contributed by atoms with Gasteiger partial charge in [0.05, 0.1) is 19.3 Å². The monoisotopic (exact) mass is 136 g/mol. The second kappa shape index (κ2) is 10.8. The molecule has 0 aromatic rings. The predicted octanol–water partition coefficient (Wildman–Crippen LogP) is -0.252. The van der Waals surface area contributed by atoms with E-state index >= 15 is 0 Å². The van der Waals surface area contributed by atoms with Crippen LogP contribution in [-0.4, -0.2) is 34.6 Å². The number of rotatable bonds is 2. The second-order valence-electron chi connectivity index (χ2n) is 1.70. The number of hydrogen-bond acceptors (Lipinski definition) is 3. The molecule has 0 aliphatic heterocycles. The van der Waals surface area contributed by atoms with E-state index in [1.54, 1.807) is 6.92 Å². The lowest BCUT2D eigenvalue weighted by molar-refractivity contribution is 0.186. The van der Waals surface area contributed by atoms with Gasteiger partial charge in [0, 0.05) is 0 Å². The van der Waals surface area contributed by atoms with Crippen LogP contribution in [0.25, 0.3) is 0 Å². The molecule has 3 heteroatoms. The highest BCUT2D eigenvalue weighted by molar-refractivity contribution is 4.34. The fourth-order valence-electron chi connectivity index (χ4n) is 0. The molecule has 3 nitrogen and oxygen atoms in total. The van der Waals surface area contributed by atoms with Gasteiger partial charge < -0.3 is 15.3 Å². The van der Waals surface area contributed by atoms with E-state index in [1.165, 1.54) is 0 Å². The summed E-state index contributed by atoms with van der Waals surface area (Å²) in [6.07, 6.45) is 0.745. The molecule has 0 aliphatic rings. The lowest BCUT2D eigenvalue weighted by Crippen LogP contribution is -1.93. The highest BCUT2D eigenvalue weighted by atomic mass is 16.3. The Morgan fingerprint density at radius 3 is 1.44 bits per heavy atom. The summed E-state index contributed by atoms with van der Waals surface area (Å²) in [7, 11) is 0. The first kappa shape index (κ1) is 11.6. The lowest BCUT2D eigenvalue weighted by Gasteiger charge is -1.90. The molecule has 0 spiro atoms. The average molecular weight is 136 g/mol. The molecule has 0 amide bonds. The first-order chi connectivity index (χ1) is 4.18. The standard InChI is InChI=1S/C4H10O.C2H6O2/c1-3-4(2)5;3-1-2-4/h4-5H,3H2,1-2H3;3-4H,1-2H2. The van der Waals surface area contributed by atoms with Crippen molar-refractivity contribution in [3.8, 4) is 0 Å². The van der Waals surface area contributed by atoms with Gasteiger partial charge in [-0.2, -0.15) is 0 Å². The number of aliphatic hydroxyl groups excluding tert-OH is 3. The van der Waals surface area contributed by atoms with Crippen molar-refractivity contribution < 1.29 is 15.3 Å². The number of hydrogen-bond donors (Lipinski definition) is 3. The molecule has 3 N–H and O–H groups in total. The van der Waals surface area contributed by atoms with E-state index in [0.29, 0.717) is 0 Å². The van der Waals surface area contributed by atoms with Crippen LogP contribution in [0, 0.1) is 0 Å². The minimum absolute atomic E-state index is 0.116. The zero-order valence-electron chi connectivity index (χ0n) is 6.04. The summed E-state index contributed by atoms with van der Waals surface area (Å²) in [4.78, 5) is 0. The molecule has 58 valence electrons. The second-order valence-corrected chi connectivity index (χ2v) is 1.70. The molecule has 9 heavy (non-hydrogen) atoms. The van der Waals surface area contributed by atoms with Gasteiger partial charge in [-0.25, -0.2) is 0 Å². The molecular weight excluding hydrogens is 120 g/mol. The maximum Gasteiger partial charge on any atom is 0.0662 e. The van der Waals surface area contributed by atoms with Crippen molar-refractivity contribution in [1.82, 2.24) is 0 Å². The first-order valence-electron chi connectivity index (χ1n) is 3.08. The van der Waals surface area contributed by atoms with Crippen molar-refractivity contribution in [3.63, 3.8) is 0 Å². The highest BCUT2D eigenvalue weighted by Crippen LogP contribution is 1.81. The summed E-state index contributed by atoms with van der Waals surface area (Å²) in [5, 5.41) is 23.6. The Labute approximate surface area is 56.0 Å². The third-order valence-corrected chi connectivity index (χ3v) is 0.691. The summed E-state index contributed by atoms with van der Waals surface area (Å²) in [6.45, 7) is 3.48. The Morgan fingerprint density at radius 1 is 1.22 bits per heavy atom. The molecule has 0 rings (SSSR count). The molecule has 0 heterocycles. The van der Waals surface area contributed by atoms with Crippen molar-refractivity contribution in [2.24, 2.45) is 0 Å². The van der Waals surface area contributed by atoms with Crippen LogP contribution in [0.1, 0.15) is 20.3 Å². The summed E-state index contributed by atoms with van der Waals surface area (Å²) >= 11 is 0. The van der Waals surface area contributed by atoms with Gasteiger partial charge in [0.2, 0.25) is 0 Å². The van der Waals surface area contributed by atoms with Gasteiger partial charge in [-0.3, -0.25) is 0 Å². The first-order valence-corrected chi connectivity index (χ1v) is 3.08. The maximum atomic E-state index is 8.36. The molecule has 0 aromatic heterocycles. The highest BCUT2D eigenvalue weighted by Gasteiger charge is 1.81. The van der Waals surface area contributed by atoms with Crippen LogP contribution >= 0.6 is 0 Å². The van der Waals surface area contributed by atoms with E-state index in [2.05, 4.69) is 0 Å². The quantitative estimate of drug-likeness (QED) is 0.490. The van der Waals surface area contributed by atoms with Crippen LogP contribution < -0.4 is 0 Å². The van der Waals surface area contributed by atoms with E-state index in [0.717, 1.165) is 6.42 Å². The summed E-state index contributed by atoms with van der Waals surface area (Å²) in [5.41, 5.74) is 0. The molecule has 0 saturated carbocycles. The molecule has 1 unspecified atom stereocenters. The topological polar surface area (TPSA) is 60.7 Å². The van der Waals surface area contributed by atoms with Crippen molar-refractivity contribution in [2.45, 2.75) is 26.4 Å². The van der Waals surface area contributed by atoms with Crippen LogP contribution in [0.4, 0.5) is 0 Å². The van der Waals surface area contributed by atoms with Crippen molar-refractivity contribution in [1.29, 1.82) is 0 Å². The fraction of sp³-hybridized carbons (Fsp3) is 1.00. The molecular formula is C6H16O3. The van der Waals surface area contributed by atoms with Crippen LogP contribution in [0.15, 0.2) is 0 Å². The molecule has 0 radical (unpaired) electrons. The van der Waals surface area contributed by atoms with Crippen LogP contribution in [0.3, 0.4) is 0 Å². The molecule has 0 fully saturated rings. The molecule has 0 aromatic carbocycles. The Bertz CT molecular complexity index is 35.3. The average Bonchev–Trinajstić information content (AvgIpc) is 1.89. The zero-order valence-corrected chi connectivity index (χ0v) is 6.04. The van der Waals surface area contributed by atoms with Crippen molar-refractivity contribution >= 4 is 0 Å². The van der Waals surface area contributed by atoms with Gasteiger partial charge >= 0.3 is 0 Å². The van der Waals surface area contributed by atoms with Crippen LogP contribution in [0.2, 0.25) is 0 Å². The van der Waals surface area contributed by atoms with E-state index < -0.39 is 0 Å². The van der Waals surface area contributed by atoms with Gasteiger partial charge in [-0.1, -0.05) is 6.92 Å². The Morgan fingerprint density at radius 2 is 1.44 bits per heavy atom. The maximum absolute atomic E-state index is 8.36. The third kappa shape index (κ3) is 32.8. The zero-order chi connectivity index (χ0) is 7.70. The summed E-state index contributed by atoms with van der Waals surface area (Å²) in [5.74, 6) is 0. The minimum atomic E-state index is -0.125. The number of aliphatic hydroxyl groups is 3. The lowest BCUT2D eigenvalue weighted by atomic mass is 10.3.